The fourth-order valence-electron chi connectivity index (χ4n) is 3.13. The number of ether oxygens (including phenoxy) is 2. The van der Waals surface area contributed by atoms with Crippen LogP contribution in [0.25, 0.3) is 0 Å². The zero-order valence-corrected chi connectivity index (χ0v) is 16.0. The highest BCUT2D eigenvalue weighted by atomic mass is 16.6. The molecule has 0 fully saturated rings. The van der Waals surface area contributed by atoms with Gasteiger partial charge >= 0.3 is 11.9 Å². The molecule has 9 nitrogen and oxygen atoms in total. The number of esters is 2. The molecule has 28 heavy (non-hydrogen) atoms. The van der Waals surface area contributed by atoms with Gasteiger partial charge in [0.15, 0.2) is 0 Å². The van der Waals surface area contributed by atoms with Gasteiger partial charge in [-0.25, -0.2) is 4.79 Å². The van der Waals surface area contributed by atoms with Crippen LogP contribution < -0.4 is 0 Å². The van der Waals surface area contributed by atoms with Crippen LogP contribution in [-0.2, 0) is 23.9 Å². The molecule has 1 aliphatic rings. The highest BCUT2D eigenvalue weighted by molar-refractivity contribution is 5.96. The van der Waals surface area contributed by atoms with E-state index in [1.165, 1.54) is 29.2 Å². The molecule has 0 spiro atoms. The summed E-state index contributed by atoms with van der Waals surface area (Å²) in [4.78, 5) is 48.6. The van der Waals surface area contributed by atoms with Crippen LogP contribution in [0, 0.1) is 10.1 Å². The standard InChI is InChI=1S/C19H22N2O7/c1-4-27-17(23)11-20-12(3)18(19(24)28-5-2)15(10-16(20)22)13-6-8-14(9-7-13)21(25)26/h6-9,15H,4-5,10-11H2,1-3H3. The Morgan fingerprint density at radius 1 is 1.18 bits per heavy atom. The van der Waals surface area contributed by atoms with Crippen molar-refractivity contribution in [3.05, 3.63) is 51.2 Å². The molecule has 1 unspecified atom stereocenters. The number of nitro groups is 1. The number of nitrogens with zero attached hydrogens (tertiary/aromatic N) is 2. The summed E-state index contributed by atoms with van der Waals surface area (Å²) in [6, 6.07) is 5.68. The summed E-state index contributed by atoms with van der Waals surface area (Å²) < 4.78 is 10.0. The van der Waals surface area contributed by atoms with Crippen LogP contribution in [0.2, 0.25) is 0 Å². The molecule has 0 saturated carbocycles. The number of benzene rings is 1. The number of allylic oxidation sites excluding steroid dienone is 1. The summed E-state index contributed by atoms with van der Waals surface area (Å²) in [5, 5.41) is 10.9. The SMILES string of the molecule is CCOC(=O)CN1C(=O)CC(c2ccc([N+](=O)[O-])cc2)C(C(=O)OCC)=C1C. The number of carbonyl (C=O) groups excluding carboxylic acids is 3. The quantitative estimate of drug-likeness (QED) is 0.398. The second-order valence-corrected chi connectivity index (χ2v) is 6.11. The molecule has 1 amide bonds. The van der Waals surface area contributed by atoms with Crippen molar-refractivity contribution in [1.82, 2.24) is 4.90 Å². The summed E-state index contributed by atoms with van der Waals surface area (Å²) in [5.74, 6) is -2.13. The van der Waals surface area contributed by atoms with Crippen LogP contribution in [0.3, 0.4) is 0 Å². The maximum Gasteiger partial charge on any atom is 0.336 e. The lowest BCUT2D eigenvalue weighted by Crippen LogP contribution is -2.41. The minimum absolute atomic E-state index is 0.0668. The third kappa shape index (κ3) is 4.54. The van der Waals surface area contributed by atoms with E-state index in [4.69, 9.17) is 9.47 Å². The van der Waals surface area contributed by atoms with Crippen molar-refractivity contribution in [2.45, 2.75) is 33.1 Å². The molecule has 1 atom stereocenters. The molecular formula is C19H22N2O7. The fraction of sp³-hybridized carbons (Fsp3) is 0.421. The van der Waals surface area contributed by atoms with Crippen LogP contribution in [0.5, 0.6) is 0 Å². The molecule has 1 heterocycles. The predicted octanol–water partition coefficient (Wildman–Crippen LogP) is 2.31. The third-order valence-corrected chi connectivity index (χ3v) is 4.42. The highest BCUT2D eigenvalue weighted by Crippen LogP contribution is 2.37. The largest absolute Gasteiger partial charge is 0.465 e. The molecule has 1 aromatic carbocycles. The van der Waals surface area contributed by atoms with Gasteiger partial charge in [0.25, 0.3) is 5.69 Å². The topological polar surface area (TPSA) is 116 Å². The van der Waals surface area contributed by atoms with Crippen molar-refractivity contribution >= 4 is 23.5 Å². The summed E-state index contributed by atoms with van der Waals surface area (Å²) in [6.45, 7) is 4.93. The summed E-state index contributed by atoms with van der Waals surface area (Å²) >= 11 is 0. The lowest BCUT2D eigenvalue weighted by atomic mass is 9.83. The summed E-state index contributed by atoms with van der Waals surface area (Å²) in [7, 11) is 0. The molecule has 150 valence electrons. The first kappa shape index (κ1) is 21.1. The van der Waals surface area contributed by atoms with Gasteiger partial charge in [-0.05, 0) is 26.3 Å². The average molecular weight is 390 g/mol. The normalized spacial score (nSPS) is 16.8. The second kappa shape index (κ2) is 9.12. The van der Waals surface area contributed by atoms with E-state index < -0.39 is 22.8 Å². The van der Waals surface area contributed by atoms with E-state index in [2.05, 4.69) is 0 Å². The average Bonchev–Trinajstić information content (AvgIpc) is 2.65. The Labute approximate surface area is 162 Å². The van der Waals surface area contributed by atoms with Gasteiger partial charge in [-0.15, -0.1) is 0 Å². The molecule has 2 rings (SSSR count). The molecule has 9 heteroatoms. The number of hydrogen-bond acceptors (Lipinski definition) is 7. The molecular weight excluding hydrogens is 368 g/mol. The van der Waals surface area contributed by atoms with Crippen molar-refractivity contribution < 1.29 is 28.8 Å². The van der Waals surface area contributed by atoms with Crippen LogP contribution in [0.1, 0.15) is 38.7 Å². The van der Waals surface area contributed by atoms with E-state index in [1.54, 1.807) is 20.8 Å². The Morgan fingerprint density at radius 2 is 1.79 bits per heavy atom. The van der Waals surface area contributed by atoms with Crippen LogP contribution in [-0.4, -0.2) is 47.4 Å². The minimum Gasteiger partial charge on any atom is -0.465 e. The maximum absolute atomic E-state index is 12.7. The Balaban J connectivity index is 2.45. The van der Waals surface area contributed by atoms with Crippen LogP contribution in [0.4, 0.5) is 5.69 Å². The Hall–Kier alpha value is -3.23. The molecule has 0 bridgehead atoms. The van der Waals surface area contributed by atoms with E-state index in [9.17, 15) is 24.5 Å². The fourth-order valence-corrected chi connectivity index (χ4v) is 3.13. The number of rotatable bonds is 7. The van der Waals surface area contributed by atoms with Crippen LogP contribution >= 0.6 is 0 Å². The van der Waals surface area contributed by atoms with Gasteiger partial charge in [-0.3, -0.25) is 19.7 Å². The lowest BCUT2D eigenvalue weighted by Gasteiger charge is -2.33. The van der Waals surface area contributed by atoms with Gasteiger partial charge in [0.1, 0.15) is 6.54 Å². The summed E-state index contributed by atoms with van der Waals surface area (Å²) in [6.07, 6.45) is -0.0668. The number of amides is 1. The zero-order valence-electron chi connectivity index (χ0n) is 16.0. The van der Waals surface area contributed by atoms with Crippen molar-refractivity contribution in [3.8, 4) is 0 Å². The zero-order chi connectivity index (χ0) is 20.8. The van der Waals surface area contributed by atoms with Crippen molar-refractivity contribution in [2.24, 2.45) is 0 Å². The monoisotopic (exact) mass is 390 g/mol. The smallest absolute Gasteiger partial charge is 0.336 e. The first-order valence-electron chi connectivity index (χ1n) is 8.88. The minimum atomic E-state index is -0.620. The van der Waals surface area contributed by atoms with Crippen LogP contribution in [0.15, 0.2) is 35.5 Å². The highest BCUT2D eigenvalue weighted by Gasteiger charge is 2.37. The molecule has 1 aliphatic heterocycles. The number of non-ortho nitro benzene ring substituents is 1. The number of nitro benzene ring substituents is 1. The van der Waals surface area contributed by atoms with Crippen molar-refractivity contribution in [1.29, 1.82) is 0 Å². The first-order valence-corrected chi connectivity index (χ1v) is 8.88. The van der Waals surface area contributed by atoms with E-state index in [-0.39, 0.29) is 43.3 Å². The molecule has 0 aromatic heterocycles. The third-order valence-electron chi connectivity index (χ3n) is 4.42. The molecule has 0 saturated heterocycles. The van der Waals surface area contributed by atoms with Crippen molar-refractivity contribution in [3.63, 3.8) is 0 Å². The Kier molecular flexibility index (Phi) is 6.86. The lowest BCUT2D eigenvalue weighted by molar-refractivity contribution is -0.384. The van der Waals surface area contributed by atoms with Gasteiger partial charge in [0.05, 0.1) is 23.7 Å². The molecule has 0 radical (unpaired) electrons. The molecule has 1 aromatic rings. The second-order valence-electron chi connectivity index (χ2n) is 6.11. The Bertz CT molecular complexity index is 814. The van der Waals surface area contributed by atoms with E-state index >= 15 is 0 Å². The molecule has 0 N–H and O–H groups in total. The molecule has 0 aliphatic carbocycles. The Morgan fingerprint density at radius 3 is 2.32 bits per heavy atom. The maximum atomic E-state index is 12.7. The number of hydrogen-bond donors (Lipinski definition) is 0. The van der Waals surface area contributed by atoms with Gasteiger partial charge < -0.3 is 14.4 Å². The van der Waals surface area contributed by atoms with Gasteiger partial charge in [-0.1, -0.05) is 12.1 Å². The van der Waals surface area contributed by atoms with Crippen molar-refractivity contribution in [2.75, 3.05) is 19.8 Å². The number of carbonyl (C=O) groups is 3. The van der Waals surface area contributed by atoms with Gasteiger partial charge in [-0.2, -0.15) is 0 Å². The van der Waals surface area contributed by atoms with E-state index in [0.29, 0.717) is 11.3 Å². The van der Waals surface area contributed by atoms with Gasteiger partial charge in [0.2, 0.25) is 5.91 Å². The first-order chi connectivity index (χ1) is 13.3. The van der Waals surface area contributed by atoms with E-state index in [0.717, 1.165) is 0 Å². The van der Waals surface area contributed by atoms with E-state index in [1.807, 2.05) is 0 Å². The predicted molar refractivity (Wildman–Crippen MR) is 98.1 cm³/mol. The summed E-state index contributed by atoms with van der Waals surface area (Å²) in [5.41, 5.74) is 1.05. The van der Waals surface area contributed by atoms with Gasteiger partial charge in [0, 0.05) is 30.2 Å².